The minimum absolute atomic E-state index is 0.211. The van der Waals surface area contributed by atoms with Crippen LogP contribution in [-0.2, 0) is 18.2 Å². The number of hydrogen-bond acceptors (Lipinski definition) is 4. The number of rotatable bonds is 4. The van der Waals surface area contributed by atoms with Gasteiger partial charge in [-0.05, 0) is 24.1 Å². The van der Waals surface area contributed by atoms with Gasteiger partial charge >= 0.3 is 0 Å². The molecule has 1 N–H and O–H groups in total. The van der Waals surface area contributed by atoms with Gasteiger partial charge in [-0.1, -0.05) is 30.4 Å². The molecule has 0 spiro atoms. The third kappa shape index (κ3) is 3.85. The third-order valence-corrected chi connectivity index (χ3v) is 3.35. The third-order valence-electron chi connectivity index (χ3n) is 3.35. The molecular weight excluding hydrogens is 295 g/mol. The SMILES string of the molecule is Cn1cc(NN=C2OCC=CC2=CCc2ccccc2F)cn1. The fourth-order valence-electron chi connectivity index (χ4n) is 2.19. The Kier molecular flexibility index (Phi) is 4.52. The van der Waals surface area contributed by atoms with Crippen LogP contribution in [0.1, 0.15) is 5.56 Å². The van der Waals surface area contributed by atoms with E-state index in [0.29, 0.717) is 24.5 Å². The summed E-state index contributed by atoms with van der Waals surface area (Å²) in [7, 11) is 1.83. The molecule has 0 amide bonds. The number of anilines is 1. The summed E-state index contributed by atoms with van der Waals surface area (Å²) in [4.78, 5) is 0. The van der Waals surface area contributed by atoms with Crippen molar-refractivity contribution in [2.45, 2.75) is 6.42 Å². The Labute approximate surface area is 133 Å². The lowest BCUT2D eigenvalue weighted by molar-refractivity contribution is 0.345. The van der Waals surface area contributed by atoms with Crippen LogP contribution in [0, 0.1) is 5.82 Å². The number of hydrazone groups is 1. The lowest BCUT2D eigenvalue weighted by atomic mass is 10.1. The number of halogens is 1. The zero-order chi connectivity index (χ0) is 16.1. The summed E-state index contributed by atoms with van der Waals surface area (Å²) in [6.07, 6.45) is 9.68. The number of allylic oxidation sites excluding steroid dienone is 1. The van der Waals surface area contributed by atoms with Gasteiger partial charge < -0.3 is 4.74 Å². The van der Waals surface area contributed by atoms with Crippen molar-refractivity contribution >= 4 is 11.6 Å². The quantitative estimate of drug-likeness (QED) is 0.883. The minimum Gasteiger partial charge on any atom is -0.472 e. The summed E-state index contributed by atoms with van der Waals surface area (Å²) in [5.41, 5.74) is 5.13. The normalized spacial score (nSPS) is 17.5. The van der Waals surface area contributed by atoms with Crippen molar-refractivity contribution in [3.63, 3.8) is 0 Å². The second-order valence-corrected chi connectivity index (χ2v) is 5.10. The summed E-state index contributed by atoms with van der Waals surface area (Å²) < 4.78 is 20.9. The molecule has 1 aliphatic rings. The van der Waals surface area contributed by atoms with Crippen LogP contribution in [0.2, 0.25) is 0 Å². The highest BCUT2D eigenvalue weighted by Crippen LogP contribution is 2.14. The summed E-state index contributed by atoms with van der Waals surface area (Å²) in [5, 5.41) is 8.32. The van der Waals surface area contributed by atoms with E-state index in [1.807, 2.05) is 37.5 Å². The van der Waals surface area contributed by atoms with E-state index in [4.69, 9.17) is 4.74 Å². The van der Waals surface area contributed by atoms with E-state index in [0.717, 1.165) is 11.3 Å². The highest BCUT2D eigenvalue weighted by Gasteiger charge is 2.11. The van der Waals surface area contributed by atoms with Crippen molar-refractivity contribution in [2.75, 3.05) is 12.0 Å². The lowest BCUT2D eigenvalue weighted by Crippen LogP contribution is -2.14. The van der Waals surface area contributed by atoms with Gasteiger partial charge in [-0.25, -0.2) is 4.39 Å². The Morgan fingerprint density at radius 1 is 1.43 bits per heavy atom. The van der Waals surface area contributed by atoms with Crippen molar-refractivity contribution in [1.29, 1.82) is 0 Å². The van der Waals surface area contributed by atoms with E-state index >= 15 is 0 Å². The molecule has 1 aromatic carbocycles. The summed E-state index contributed by atoms with van der Waals surface area (Å²) in [5.74, 6) is 0.268. The molecule has 0 aliphatic carbocycles. The average Bonchev–Trinajstić information content (AvgIpc) is 2.98. The Hall–Kier alpha value is -2.89. The van der Waals surface area contributed by atoms with Crippen molar-refractivity contribution in [3.8, 4) is 0 Å². The molecule has 0 saturated heterocycles. The van der Waals surface area contributed by atoms with Crippen LogP contribution < -0.4 is 5.43 Å². The van der Waals surface area contributed by atoms with Gasteiger partial charge in [0.2, 0.25) is 5.90 Å². The monoisotopic (exact) mass is 312 g/mol. The van der Waals surface area contributed by atoms with Crippen LogP contribution in [0.3, 0.4) is 0 Å². The smallest absolute Gasteiger partial charge is 0.238 e. The zero-order valence-electron chi connectivity index (χ0n) is 12.7. The lowest BCUT2D eigenvalue weighted by Gasteiger charge is -2.13. The van der Waals surface area contributed by atoms with Crippen LogP contribution in [0.25, 0.3) is 0 Å². The predicted molar refractivity (Wildman–Crippen MR) is 87.5 cm³/mol. The zero-order valence-corrected chi connectivity index (χ0v) is 12.7. The van der Waals surface area contributed by atoms with Gasteiger partial charge in [0.25, 0.3) is 0 Å². The molecule has 1 aromatic heterocycles. The van der Waals surface area contributed by atoms with E-state index in [9.17, 15) is 4.39 Å². The summed E-state index contributed by atoms with van der Waals surface area (Å²) in [6.45, 7) is 0.463. The number of aromatic nitrogens is 2. The molecule has 0 fully saturated rings. The summed E-state index contributed by atoms with van der Waals surface area (Å²) >= 11 is 0. The van der Waals surface area contributed by atoms with Crippen LogP contribution in [0.5, 0.6) is 0 Å². The van der Waals surface area contributed by atoms with Crippen molar-refractivity contribution < 1.29 is 9.13 Å². The summed E-state index contributed by atoms with van der Waals surface area (Å²) in [6, 6.07) is 6.73. The highest BCUT2D eigenvalue weighted by atomic mass is 19.1. The topological polar surface area (TPSA) is 51.4 Å². The largest absolute Gasteiger partial charge is 0.472 e. The van der Waals surface area contributed by atoms with Gasteiger partial charge in [0.05, 0.1) is 11.9 Å². The van der Waals surface area contributed by atoms with Gasteiger partial charge in [-0.15, -0.1) is 5.10 Å². The number of ether oxygens (including phenoxy) is 1. The molecular formula is C17H17FN4O. The van der Waals surface area contributed by atoms with Gasteiger partial charge in [0.1, 0.15) is 12.4 Å². The van der Waals surface area contributed by atoms with Gasteiger partial charge in [0.15, 0.2) is 0 Å². The van der Waals surface area contributed by atoms with E-state index in [2.05, 4.69) is 15.6 Å². The average molecular weight is 312 g/mol. The molecule has 0 atom stereocenters. The maximum absolute atomic E-state index is 13.7. The molecule has 0 unspecified atom stereocenters. The molecule has 0 bridgehead atoms. The fourth-order valence-corrected chi connectivity index (χ4v) is 2.19. The molecule has 0 saturated carbocycles. The Bertz CT molecular complexity index is 776. The van der Waals surface area contributed by atoms with E-state index in [-0.39, 0.29) is 5.82 Å². The van der Waals surface area contributed by atoms with Crippen molar-refractivity contribution in [3.05, 3.63) is 71.8 Å². The molecule has 1 aliphatic heterocycles. The van der Waals surface area contributed by atoms with Gasteiger partial charge in [-0.2, -0.15) is 5.10 Å². The molecule has 2 aromatic rings. The molecule has 3 rings (SSSR count). The van der Waals surface area contributed by atoms with E-state index < -0.39 is 0 Å². The first kappa shape index (κ1) is 15.0. The number of nitrogens with one attached hydrogen (secondary N) is 1. The second-order valence-electron chi connectivity index (χ2n) is 5.10. The molecule has 6 heteroatoms. The van der Waals surface area contributed by atoms with Crippen molar-refractivity contribution in [1.82, 2.24) is 9.78 Å². The maximum atomic E-state index is 13.7. The van der Waals surface area contributed by atoms with E-state index in [1.54, 1.807) is 23.0 Å². The van der Waals surface area contributed by atoms with Crippen LogP contribution in [0.15, 0.2) is 65.6 Å². The van der Waals surface area contributed by atoms with Crippen molar-refractivity contribution in [2.24, 2.45) is 12.1 Å². The van der Waals surface area contributed by atoms with Crippen LogP contribution in [0.4, 0.5) is 10.1 Å². The Balaban J connectivity index is 1.75. The number of hydrogen-bond donors (Lipinski definition) is 1. The minimum atomic E-state index is -0.211. The van der Waals surface area contributed by atoms with Gasteiger partial charge in [-0.3, -0.25) is 10.1 Å². The maximum Gasteiger partial charge on any atom is 0.238 e. The molecule has 0 radical (unpaired) electrons. The fraction of sp³-hybridized carbons (Fsp3) is 0.176. The molecule has 2 heterocycles. The number of aryl methyl sites for hydroxylation is 1. The number of benzene rings is 1. The highest BCUT2D eigenvalue weighted by molar-refractivity contribution is 5.97. The first-order chi connectivity index (χ1) is 11.2. The van der Waals surface area contributed by atoms with Gasteiger partial charge in [0, 0.05) is 18.8 Å². The van der Waals surface area contributed by atoms with Crippen LogP contribution in [-0.4, -0.2) is 22.3 Å². The molecule has 118 valence electrons. The first-order valence-electron chi connectivity index (χ1n) is 7.28. The second kappa shape index (κ2) is 6.91. The first-order valence-corrected chi connectivity index (χ1v) is 7.28. The van der Waals surface area contributed by atoms with Crippen LogP contribution >= 0.6 is 0 Å². The Morgan fingerprint density at radius 2 is 2.30 bits per heavy atom. The molecule has 23 heavy (non-hydrogen) atoms. The standard InChI is InChI=1S/C17H17FN4O/c1-22-12-15(11-19-22)20-21-17-14(6-4-10-23-17)9-8-13-5-2-3-7-16(13)18/h2-7,9,11-12,20H,8,10H2,1H3. The van der Waals surface area contributed by atoms with E-state index in [1.165, 1.54) is 6.07 Å². The number of nitrogens with zero attached hydrogens (tertiary/aromatic N) is 3. The molecule has 5 nitrogen and oxygen atoms in total. The predicted octanol–water partition coefficient (Wildman–Crippen LogP) is 3.04. The Morgan fingerprint density at radius 3 is 3.09 bits per heavy atom.